The molecule has 18 heavy (non-hydrogen) atoms. The van der Waals surface area contributed by atoms with Crippen LogP contribution < -0.4 is 10.5 Å². The normalized spacial score (nSPS) is 11.3. The molecule has 2 aromatic rings. The molecule has 0 amide bonds. The van der Waals surface area contributed by atoms with Gasteiger partial charge in [0.15, 0.2) is 5.82 Å². The third-order valence-corrected chi connectivity index (χ3v) is 3.69. The van der Waals surface area contributed by atoms with E-state index in [4.69, 9.17) is 5.73 Å². The molecule has 6 nitrogen and oxygen atoms in total. The maximum absolute atomic E-state index is 11.8. The molecule has 0 radical (unpaired) electrons. The van der Waals surface area contributed by atoms with Crippen LogP contribution in [0.2, 0.25) is 0 Å². The molecule has 7 heteroatoms. The minimum absolute atomic E-state index is 0.00449. The second kappa shape index (κ2) is 5.09. The maximum Gasteiger partial charge on any atom is 0.234 e. The number of nitrogen functional groups attached to an aromatic ring is 1. The zero-order valence-electron chi connectivity index (χ0n) is 9.63. The Morgan fingerprint density at radius 2 is 2.00 bits per heavy atom. The summed E-state index contributed by atoms with van der Waals surface area (Å²) in [5, 5.41) is 6.14. The van der Waals surface area contributed by atoms with Crippen molar-refractivity contribution in [3.05, 3.63) is 42.1 Å². The number of nitrogens with zero attached hydrogens (tertiary/aromatic N) is 1. The van der Waals surface area contributed by atoms with Gasteiger partial charge in [0.2, 0.25) is 10.0 Å². The number of H-pyrrole nitrogens is 1. The summed E-state index contributed by atoms with van der Waals surface area (Å²) in [6.45, 7) is 0. The molecule has 0 saturated carbocycles. The predicted octanol–water partition coefficient (Wildman–Crippen LogP) is 0.976. The Kier molecular flexibility index (Phi) is 3.52. The Hall–Kier alpha value is -2.02. The van der Waals surface area contributed by atoms with E-state index in [2.05, 4.69) is 14.9 Å². The first kappa shape index (κ1) is 12.4. The molecule has 0 saturated heterocycles. The van der Waals surface area contributed by atoms with Gasteiger partial charge in [-0.3, -0.25) is 9.82 Å². The molecule has 0 aliphatic rings. The smallest absolute Gasteiger partial charge is 0.234 e. The second-order valence-corrected chi connectivity index (χ2v) is 5.70. The van der Waals surface area contributed by atoms with Crippen molar-refractivity contribution in [2.24, 2.45) is 0 Å². The van der Waals surface area contributed by atoms with E-state index >= 15 is 0 Å². The number of aromatic amines is 1. The van der Waals surface area contributed by atoms with Crippen molar-refractivity contribution in [1.82, 2.24) is 10.2 Å². The lowest BCUT2D eigenvalue weighted by Gasteiger charge is -2.06. The topological polar surface area (TPSA) is 101 Å². The largest absolute Gasteiger partial charge is 0.394 e. The van der Waals surface area contributed by atoms with Gasteiger partial charge in [-0.25, -0.2) is 8.42 Å². The standard InChI is InChI=1S/C11H14N4O2S/c12-10-8-13-14-11(10)15-18(16,17)7-6-9-4-2-1-3-5-9/h1-5,8H,6-7,12H2,(H2,13,14,15). The molecular formula is C11H14N4O2S. The van der Waals surface area contributed by atoms with Crippen LogP contribution >= 0.6 is 0 Å². The van der Waals surface area contributed by atoms with Gasteiger partial charge in [0.05, 0.1) is 17.6 Å². The third-order valence-electron chi connectivity index (χ3n) is 2.43. The number of aryl methyl sites for hydroxylation is 1. The molecule has 4 N–H and O–H groups in total. The summed E-state index contributed by atoms with van der Waals surface area (Å²) in [5.74, 6) is 0.207. The van der Waals surface area contributed by atoms with Gasteiger partial charge in [0.25, 0.3) is 0 Å². The summed E-state index contributed by atoms with van der Waals surface area (Å²) in [6, 6.07) is 9.42. The van der Waals surface area contributed by atoms with Crippen LogP contribution in [0.15, 0.2) is 36.5 Å². The van der Waals surface area contributed by atoms with Crippen molar-refractivity contribution in [3.63, 3.8) is 0 Å². The van der Waals surface area contributed by atoms with E-state index in [9.17, 15) is 8.42 Å². The number of sulfonamides is 1. The summed E-state index contributed by atoms with van der Waals surface area (Å²) < 4.78 is 26.0. The Labute approximate surface area is 105 Å². The highest BCUT2D eigenvalue weighted by Crippen LogP contribution is 2.14. The first-order chi connectivity index (χ1) is 8.57. The maximum atomic E-state index is 11.8. The SMILES string of the molecule is Nc1cn[nH]c1NS(=O)(=O)CCc1ccccc1. The van der Waals surface area contributed by atoms with Crippen LogP contribution in [0, 0.1) is 0 Å². The van der Waals surface area contributed by atoms with Crippen LogP contribution in [0.25, 0.3) is 0 Å². The Bertz CT molecular complexity index is 607. The van der Waals surface area contributed by atoms with Crippen LogP contribution in [0.4, 0.5) is 11.5 Å². The minimum atomic E-state index is -3.43. The van der Waals surface area contributed by atoms with Crippen molar-refractivity contribution in [1.29, 1.82) is 0 Å². The van der Waals surface area contributed by atoms with Gasteiger partial charge in [0, 0.05) is 0 Å². The van der Waals surface area contributed by atoms with E-state index in [0.717, 1.165) is 5.56 Å². The van der Waals surface area contributed by atoms with E-state index in [1.54, 1.807) is 0 Å². The molecule has 1 aromatic heterocycles. The Morgan fingerprint density at radius 1 is 1.28 bits per heavy atom. The minimum Gasteiger partial charge on any atom is -0.394 e. The molecule has 0 spiro atoms. The van der Waals surface area contributed by atoms with Crippen molar-refractivity contribution in [3.8, 4) is 0 Å². The van der Waals surface area contributed by atoms with E-state index < -0.39 is 10.0 Å². The van der Waals surface area contributed by atoms with Gasteiger partial charge < -0.3 is 5.73 Å². The molecule has 1 aromatic carbocycles. The first-order valence-corrected chi connectivity index (χ1v) is 7.05. The number of hydrogen-bond acceptors (Lipinski definition) is 4. The highest BCUT2D eigenvalue weighted by atomic mass is 32.2. The average molecular weight is 266 g/mol. The summed E-state index contributed by atoms with van der Waals surface area (Å²) in [7, 11) is -3.43. The van der Waals surface area contributed by atoms with Crippen LogP contribution in [-0.2, 0) is 16.4 Å². The van der Waals surface area contributed by atoms with Gasteiger partial charge in [0.1, 0.15) is 0 Å². The fourth-order valence-electron chi connectivity index (χ4n) is 1.48. The van der Waals surface area contributed by atoms with E-state index in [1.165, 1.54) is 6.20 Å². The number of nitrogens with one attached hydrogen (secondary N) is 2. The predicted molar refractivity (Wildman–Crippen MR) is 70.6 cm³/mol. The summed E-state index contributed by atoms with van der Waals surface area (Å²) in [5.41, 5.74) is 6.78. The van der Waals surface area contributed by atoms with Crippen LogP contribution in [0.3, 0.4) is 0 Å². The zero-order valence-corrected chi connectivity index (χ0v) is 10.4. The van der Waals surface area contributed by atoms with Crippen molar-refractivity contribution >= 4 is 21.5 Å². The lowest BCUT2D eigenvalue weighted by Crippen LogP contribution is -2.19. The van der Waals surface area contributed by atoms with Gasteiger partial charge in [-0.15, -0.1) is 0 Å². The molecule has 0 unspecified atom stereocenters. The van der Waals surface area contributed by atoms with E-state index in [1.807, 2.05) is 30.3 Å². The molecule has 0 fully saturated rings. The van der Waals surface area contributed by atoms with Gasteiger partial charge in [-0.2, -0.15) is 5.10 Å². The lowest BCUT2D eigenvalue weighted by atomic mass is 10.2. The van der Waals surface area contributed by atoms with Crippen LogP contribution in [0.1, 0.15) is 5.56 Å². The number of nitrogens with two attached hydrogens (primary N) is 1. The molecule has 0 aliphatic heterocycles. The summed E-state index contributed by atoms with van der Waals surface area (Å²) in [6.07, 6.45) is 1.80. The van der Waals surface area contributed by atoms with E-state index in [0.29, 0.717) is 6.42 Å². The molecule has 0 bridgehead atoms. The number of hydrogen-bond donors (Lipinski definition) is 3. The van der Waals surface area contributed by atoms with E-state index in [-0.39, 0.29) is 17.3 Å². The summed E-state index contributed by atoms with van der Waals surface area (Å²) in [4.78, 5) is 0. The first-order valence-electron chi connectivity index (χ1n) is 5.40. The molecule has 0 aliphatic carbocycles. The Balaban J connectivity index is 1.98. The lowest BCUT2D eigenvalue weighted by molar-refractivity contribution is 0.600. The quantitative estimate of drug-likeness (QED) is 0.750. The fraction of sp³-hybridized carbons (Fsp3) is 0.182. The van der Waals surface area contributed by atoms with Crippen molar-refractivity contribution in [2.75, 3.05) is 16.2 Å². The molecular weight excluding hydrogens is 252 g/mol. The molecule has 0 atom stereocenters. The van der Waals surface area contributed by atoms with Gasteiger partial charge in [-0.1, -0.05) is 30.3 Å². The number of anilines is 2. The van der Waals surface area contributed by atoms with Gasteiger partial charge in [-0.05, 0) is 12.0 Å². The molecule has 2 rings (SSSR count). The highest BCUT2D eigenvalue weighted by molar-refractivity contribution is 7.92. The van der Waals surface area contributed by atoms with Crippen LogP contribution in [-0.4, -0.2) is 24.4 Å². The van der Waals surface area contributed by atoms with Crippen molar-refractivity contribution < 1.29 is 8.42 Å². The van der Waals surface area contributed by atoms with Gasteiger partial charge >= 0.3 is 0 Å². The third kappa shape index (κ3) is 3.24. The number of benzene rings is 1. The summed E-state index contributed by atoms with van der Waals surface area (Å²) >= 11 is 0. The fourth-order valence-corrected chi connectivity index (χ4v) is 2.56. The highest BCUT2D eigenvalue weighted by Gasteiger charge is 2.13. The molecule has 96 valence electrons. The zero-order chi connectivity index (χ0) is 13.0. The average Bonchev–Trinajstić information content (AvgIpc) is 2.73. The molecule has 1 heterocycles. The monoisotopic (exact) mass is 266 g/mol. The van der Waals surface area contributed by atoms with Crippen LogP contribution in [0.5, 0.6) is 0 Å². The number of aromatic nitrogens is 2. The second-order valence-electron chi connectivity index (χ2n) is 3.86. The van der Waals surface area contributed by atoms with Crippen molar-refractivity contribution in [2.45, 2.75) is 6.42 Å². The Morgan fingerprint density at radius 3 is 2.61 bits per heavy atom. The number of rotatable bonds is 5.